The van der Waals surface area contributed by atoms with E-state index in [9.17, 15) is 0 Å². The quantitative estimate of drug-likeness (QED) is 0.447. The van der Waals surface area contributed by atoms with Crippen molar-refractivity contribution in [3.05, 3.63) is 0 Å². The zero-order valence-corrected chi connectivity index (χ0v) is 9.51. The van der Waals surface area contributed by atoms with E-state index < -0.39 is 0 Å². The van der Waals surface area contributed by atoms with Gasteiger partial charge in [-0.25, -0.2) is 0 Å². The summed E-state index contributed by atoms with van der Waals surface area (Å²) in [5.74, 6) is 0.950. The third kappa shape index (κ3) is 6.53. The highest BCUT2D eigenvalue weighted by molar-refractivity contribution is 6.36. The summed E-state index contributed by atoms with van der Waals surface area (Å²) < 4.78 is 10.2. The van der Waals surface area contributed by atoms with Gasteiger partial charge in [0.15, 0.2) is 0 Å². The first-order chi connectivity index (χ1) is 5.20. The summed E-state index contributed by atoms with van der Waals surface area (Å²) in [6, 6.07) is 1.32. The van der Waals surface area contributed by atoms with E-state index in [1.54, 1.807) is 14.2 Å². The number of hydrogen-bond donors (Lipinski definition) is 0. The Labute approximate surface area is 72.1 Å². The fourth-order valence-corrected chi connectivity index (χ4v) is 2.88. The fourth-order valence-electron chi connectivity index (χ4n) is 1.02. The maximum atomic E-state index is 5.12. The van der Waals surface area contributed by atoms with Crippen molar-refractivity contribution in [3.8, 4) is 0 Å². The molecule has 0 aromatic rings. The van der Waals surface area contributed by atoms with Gasteiger partial charge in [-0.2, -0.15) is 0 Å². The molecule has 0 aromatic carbocycles. The van der Waals surface area contributed by atoms with Crippen molar-refractivity contribution in [2.24, 2.45) is 5.92 Å². The maximum absolute atomic E-state index is 5.12. The van der Waals surface area contributed by atoms with Gasteiger partial charge >= 0.3 is 0 Å². The van der Waals surface area contributed by atoms with Crippen molar-refractivity contribution >= 4 is 9.52 Å². The average Bonchev–Trinajstić information content (AvgIpc) is 1.98. The predicted octanol–water partition coefficient (Wildman–Crippen LogP) is 1.20. The Morgan fingerprint density at radius 2 is 1.73 bits per heavy atom. The molecule has 3 heteroatoms. The molecule has 0 N–H and O–H groups in total. The topological polar surface area (TPSA) is 18.5 Å². The molecule has 0 aromatic heterocycles. The molecule has 0 bridgehead atoms. The summed E-state index contributed by atoms with van der Waals surface area (Å²) >= 11 is 0. The van der Waals surface area contributed by atoms with Crippen molar-refractivity contribution < 1.29 is 9.47 Å². The third-order valence-electron chi connectivity index (χ3n) is 1.75. The molecule has 0 rings (SSSR count). The summed E-state index contributed by atoms with van der Waals surface area (Å²) in [4.78, 5) is 0. The molecule has 0 atom stereocenters. The summed E-state index contributed by atoms with van der Waals surface area (Å²) in [7, 11) is 3.28. The van der Waals surface area contributed by atoms with Gasteiger partial charge in [-0.1, -0.05) is 26.3 Å². The highest BCUT2D eigenvalue weighted by Crippen LogP contribution is 2.04. The average molecular weight is 176 g/mol. The molecule has 0 amide bonds. The highest BCUT2D eigenvalue weighted by atomic mass is 28.2. The number of hydrogen-bond acceptors (Lipinski definition) is 2. The van der Waals surface area contributed by atoms with Crippen LogP contribution in [-0.2, 0) is 9.47 Å². The highest BCUT2D eigenvalue weighted by Gasteiger charge is 2.05. The zero-order valence-electron chi connectivity index (χ0n) is 8.09. The van der Waals surface area contributed by atoms with Gasteiger partial charge in [0.2, 0.25) is 0 Å². The van der Waals surface area contributed by atoms with Crippen LogP contribution in [0, 0.1) is 5.92 Å². The Morgan fingerprint density at radius 3 is 2.09 bits per heavy atom. The molecule has 0 fully saturated rings. The smallest absolute Gasteiger partial charge is 0.134 e. The molecule has 0 aliphatic heterocycles. The van der Waals surface area contributed by atoms with E-state index in [1.165, 1.54) is 12.5 Å². The van der Waals surface area contributed by atoms with Gasteiger partial charge < -0.3 is 9.47 Å². The van der Waals surface area contributed by atoms with Gasteiger partial charge in [0.25, 0.3) is 0 Å². The fraction of sp³-hybridized carbons (Fsp3) is 1.00. The minimum atomic E-state index is -0.162. The van der Waals surface area contributed by atoms with Gasteiger partial charge in [-0.05, 0) is 5.92 Å². The standard InChI is InChI=1S/C8H20O2Si/c1-7(2)5-6-11-8(9-3)10-4/h7-8H,5-6,11H2,1-4H3. The Hall–Kier alpha value is 0.137. The van der Waals surface area contributed by atoms with Crippen LogP contribution in [0.2, 0.25) is 6.04 Å². The second-order valence-corrected chi connectivity index (χ2v) is 5.18. The SMILES string of the molecule is COC(OC)[SiH2]CCC(C)C. The van der Waals surface area contributed by atoms with Gasteiger partial charge in [0, 0.05) is 14.2 Å². The summed E-state index contributed by atoms with van der Waals surface area (Å²) in [5, 5.41) is 0. The largest absolute Gasteiger partial charge is 0.360 e. The normalized spacial score (nSPS) is 12.5. The molecule has 68 valence electrons. The minimum absolute atomic E-state index is 0.133. The lowest BCUT2D eigenvalue weighted by Crippen LogP contribution is -2.21. The first-order valence-corrected chi connectivity index (χ1v) is 6.08. The van der Waals surface area contributed by atoms with E-state index in [1.807, 2.05) is 0 Å². The van der Waals surface area contributed by atoms with E-state index >= 15 is 0 Å². The number of ether oxygens (including phenoxy) is 2. The van der Waals surface area contributed by atoms with E-state index in [0.717, 1.165) is 5.92 Å². The summed E-state index contributed by atoms with van der Waals surface area (Å²) in [6.07, 6.45) is 1.31. The molecule has 0 saturated heterocycles. The van der Waals surface area contributed by atoms with Crippen LogP contribution in [0.3, 0.4) is 0 Å². The van der Waals surface area contributed by atoms with Crippen molar-refractivity contribution in [1.29, 1.82) is 0 Å². The Kier molecular flexibility index (Phi) is 6.91. The maximum Gasteiger partial charge on any atom is 0.134 e. The van der Waals surface area contributed by atoms with Crippen molar-refractivity contribution in [3.63, 3.8) is 0 Å². The molecule has 11 heavy (non-hydrogen) atoms. The van der Waals surface area contributed by atoms with Crippen LogP contribution >= 0.6 is 0 Å². The summed E-state index contributed by atoms with van der Waals surface area (Å²) in [6.45, 7) is 4.51. The van der Waals surface area contributed by atoms with Crippen LogP contribution in [0.4, 0.5) is 0 Å². The molecule has 0 heterocycles. The van der Waals surface area contributed by atoms with Crippen LogP contribution in [0.1, 0.15) is 20.3 Å². The second-order valence-electron chi connectivity index (χ2n) is 3.23. The molecule has 0 unspecified atom stereocenters. The predicted molar refractivity (Wildman–Crippen MR) is 50.6 cm³/mol. The Bertz CT molecular complexity index is 82.2. The zero-order chi connectivity index (χ0) is 8.69. The van der Waals surface area contributed by atoms with Crippen molar-refractivity contribution in [2.75, 3.05) is 14.2 Å². The lowest BCUT2D eigenvalue weighted by Gasteiger charge is -2.12. The molecule has 2 nitrogen and oxygen atoms in total. The third-order valence-corrected chi connectivity index (χ3v) is 3.70. The molecule has 0 radical (unpaired) electrons. The van der Waals surface area contributed by atoms with E-state index in [4.69, 9.17) is 9.47 Å². The van der Waals surface area contributed by atoms with E-state index in [2.05, 4.69) is 13.8 Å². The Balaban J connectivity index is 3.21. The van der Waals surface area contributed by atoms with Gasteiger partial charge in [-0.15, -0.1) is 0 Å². The first kappa shape index (κ1) is 11.1. The molecule has 0 aliphatic rings. The molecule has 0 spiro atoms. The van der Waals surface area contributed by atoms with Crippen molar-refractivity contribution in [2.45, 2.75) is 32.2 Å². The van der Waals surface area contributed by atoms with E-state index in [-0.39, 0.29) is 15.4 Å². The summed E-state index contributed by atoms with van der Waals surface area (Å²) in [5.41, 5.74) is 0. The lowest BCUT2D eigenvalue weighted by atomic mass is 10.2. The molecule has 0 saturated carbocycles. The van der Waals surface area contributed by atoms with Crippen LogP contribution in [-0.4, -0.2) is 29.7 Å². The first-order valence-electron chi connectivity index (χ1n) is 4.26. The van der Waals surface area contributed by atoms with Crippen LogP contribution < -0.4 is 0 Å². The van der Waals surface area contributed by atoms with Crippen molar-refractivity contribution in [1.82, 2.24) is 0 Å². The monoisotopic (exact) mass is 176 g/mol. The number of rotatable bonds is 6. The van der Waals surface area contributed by atoms with Crippen LogP contribution in [0.25, 0.3) is 0 Å². The van der Waals surface area contributed by atoms with Gasteiger partial charge in [-0.3, -0.25) is 0 Å². The number of methoxy groups -OCH3 is 2. The van der Waals surface area contributed by atoms with Gasteiger partial charge in [0.1, 0.15) is 5.91 Å². The van der Waals surface area contributed by atoms with Crippen LogP contribution in [0.5, 0.6) is 0 Å². The van der Waals surface area contributed by atoms with Gasteiger partial charge in [0.05, 0.1) is 9.52 Å². The van der Waals surface area contributed by atoms with Crippen LogP contribution in [0.15, 0.2) is 0 Å². The molecule has 0 aliphatic carbocycles. The second kappa shape index (κ2) is 6.82. The minimum Gasteiger partial charge on any atom is -0.360 e. The Morgan fingerprint density at radius 1 is 1.18 bits per heavy atom. The lowest BCUT2D eigenvalue weighted by molar-refractivity contribution is -0.0441. The molecular formula is C8H20O2Si. The molecular weight excluding hydrogens is 156 g/mol. The van der Waals surface area contributed by atoms with E-state index in [0.29, 0.717) is 0 Å².